The highest BCUT2D eigenvalue weighted by molar-refractivity contribution is 6.01. The summed E-state index contributed by atoms with van der Waals surface area (Å²) in [4.78, 5) is 15.7. The van der Waals surface area contributed by atoms with Crippen molar-refractivity contribution in [3.63, 3.8) is 0 Å². The Balaban J connectivity index is 2.41. The van der Waals surface area contributed by atoms with Crippen molar-refractivity contribution in [3.05, 3.63) is 64.9 Å². The maximum atomic E-state index is 14.2. The van der Waals surface area contributed by atoms with Crippen LogP contribution in [-0.2, 0) is 0 Å². The fraction of sp³-hybridized carbons (Fsp3) is 0.111. The van der Waals surface area contributed by atoms with Gasteiger partial charge in [-0.3, -0.25) is 4.98 Å². The molecule has 0 aliphatic carbocycles. The smallest absolute Gasteiger partial charge is 0.335 e. The van der Waals surface area contributed by atoms with Gasteiger partial charge in [0.2, 0.25) is 0 Å². The summed E-state index contributed by atoms with van der Waals surface area (Å²) >= 11 is 0. The molecule has 0 aliphatic rings. The lowest BCUT2D eigenvalue weighted by molar-refractivity contribution is 0.0697. The summed E-state index contributed by atoms with van der Waals surface area (Å²) in [5, 5.41) is 9.76. The zero-order valence-electron chi connectivity index (χ0n) is 12.5. The second-order valence-corrected chi connectivity index (χ2v) is 5.43. The minimum atomic E-state index is -1.07. The molecule has 0 aliphatic heterocycles. The molecule has 3 aromatic rings. The fourth-order valence-corrected chi connectivity index (χ4v) is 2.68. The van der Waals surface area contributed by atoms with Crippen LogP contribution in [0.4, 0.5) is 8.78 Å². The van der Waals surface area contributed by atoms with E-state index in [2.05, 4.69) is 4.98 Å². The van der Waals surface area contributed by atoms with E-state index in [1.807, 2.05) is 0 Å². The molecule has 1 heterocycles. The number of rotatable bonds is 2. The van der Waals surface area contributed by atoms with Gasteiger partial charge in [0, 0.05) is 22.7 Å². The lowest BCUT2D eigenvalue weighted by Gasteiger charge is -2.12. The summed E-state index contributed by atoms with van der Waals surface area (Å²) < 4.78 is 27.3. The normalized spacial score (nSPS) is 11.0. The second kappa shape index (κ2) is 5.43. The van der Waals surface area contributed by atoms with Gasteiger partial charge in [-0.15, -0.1) is 0 Å². The first-order valence-electron chi connectivity index (χ1n) is 6.97. The van der Waals surface area contributed by atoms with E-state index in [9.17, 15) is 18.7 Å². The van der Waals surface area contributed by atoms with E-state index in [0.29, 0.717) is 27.7 Å². The van der Waals surface area contributed by atoms with Crippen molar-refractivity contribution < 1.29 is 18.7 Å². The van der Waals surface area contributed by atoms with Crippen LogP contribution in [-0.4, -0.2) is 16.1 Å². The summed E-state index contributed by atoms with van der Waals surface area (Å²) in [5.41, 5.74) is 2.77. The summed E-state index contributed by atoms with van der Waals surface area (Å²) in [6.45, 7) is 3.53. The second-order valence-electron chi connectivity index (χ2n) is 5.43. The molecule has 0 fully saturated rings. The summed E-state index contributed by atoms with van der Waals surface area (Å²) in [6.07, 6.45) is 0. The first-order chi connectivity index (χ1) is 10.9. The largest absolute Gasteiger partial charge is 0.478 e. The monoisotopic (exact) mass is 313 g/mol. The lowest BCUT2D eigenvalue weighted by Crippen LogP contribution is -2.00. The van der Waals surface area contributed by atoms with E-state index in [0.717, 1.165) is 6.07 Å². The fourth-order valence-electron chi connectivity index (χ4n) is 2.68. The molecule has 1 N–H and O–H groups in total. The van der Waals surface area contributed by atoms with Crippen LogP contribution in [0.3, 0.4) is 0 Å². The van der Waals surface area contributed by atoms with Gasteiger partial charge in [-0.25, -0.2) is 13.6 Å². The molecule has 0 radical (unpaired) electrons. The molecule has 0 saturated heterocycles. The van der Waals surface area contributed by atoms with Gasteiger partial charge in [-0.05, 0) is 55.3 Å². The molecular weight excluding hydrogens is 300 g/mol. The number of benzene rings is 2. The minimum Gasteiger partial charge on any atom is -0.478 e. The molecule has 0 bridgehead atoms. The van der Waals surface area contributed by atoms with Crippen molar-refractivity contribution >= 4 is 16.9 Å². The van der Waals surface area contributed by atoms with Crippen LogP contribution in [0.2, 0.25) is 0 Å². The zero-order chi connectivity index (χ0) is 16.7. The number of carbonyl (C=O) groups is 1. The third-order valence-electron chi connectivity index (χ3n) is 3.70. The predicted molar refractivity (Wildman–Crippen MR) is 83.5 cm³/mol. The number of nitrogens with zero attached hydrogens (tertiary/aromatic N) is 1. The predicted octanol–water partition coefficient (Wildman–Crippen LogP) is 4.50. The Kier molecular flexibility index (Phi) is 3.56. The van der Waals surface area contributed by atoms with Crippen molar-refractivity contribution in [3.8, 4) is 11.1 Å². The number of fused-ring (bicyclic) bond motifs is 1. The maximum Gasteiger partial charge on any atom is 0.335 e. The van der Waals surface area contributed by atoms with Crippen LogP contribution >= 0.6 is 0 Å². The van der Waals surface area contributed by atoms with E-state index in [-0.39, 0.29) is 11.1 Å². The Hall–Kier alpha value is -2.82. The van der Waals surface area contributed by atoms with Crippen LogP contribution in [0.15, 0.2) is 36.4 Å². The maximum absolute atomic E-state index is 14.2. The summed E-state index contributed by atoms with van der Waals surface area (Å²) in [5.74, 6) is -2.43. The lowest BCUT2D eigenvalue weighted by atomic mass is 9.96. The van der Waals surface area contributed by atoms with E-state index in [1.54, 1.807) is 19.9 Å². The Morgan fingerprint density at radius 2 is 1.78 bits per heavy atom. The van der Waals surface area contributed by atoms with Gasteiger partial charge in [-0.1, -0.05) is 0 Å². The number of carboxylic acids is 1. The Morgan fingerprint density at radius 3 is 2.43 bits per heavy atom. The van der Waals surface area contributed by atoms with Crippen molar-refractivity contribution in [1.29, 1.82) is 0 Å². The van der Waals surface area contributed by atoms with Crippen LogP contribution in [0, 0.1) is 25.5 Å². The molecule has 0 unspecified atom stereocenters. The SMILES string of the molecule is Cc1cc(-c2ccc(F)cc2F)c2cc(C(=O)O)cc(C)c2n1. The number of hydrogen-bond acceptors (Lipinski definition) is 2. The zero-order valence-corrected chi connectivity index (χ0v) is 12.5. The molecule has 2 aromatic carbocycles. The third-order valence-corrected chi connectivity index (χ3v) is 3.70. The minimum absolute atomic E-state index is 0.101. The topological polar surface area (TPSA) is 50.2 Å². The first-order valence-corrected chi connectivity index (χ1v) is 6.97. The number of pyridine rings is 1. The number of aromatic carboxylic acids is 1. The molecule has 3 nitrogen and oxygen atoms in total. The quantitative estimate of drug-likeness (QED) is 0.758. The first kappa shape index (κ1) is 15.1. The Bertz CT molecular complexity index is 951. The Morgan fingerprint density at radius 1 is 1.04 bits per heavy atom. The van der Waals surface area contributed by atoms with E-state index < -0.39 is 17.6 Å². The standard InChI is InChI=1S/C18H13F2NO2/c1-9-5-11(18(22)23)7-15-14(6-10(2)21-17(9)15)13-4-3-12(19)8-16(13)20/h3-8H,1-2H3,(H,22,23). The van der Waals surface area contributed by atoms with Gasteiger partial charge in [0.25, 0.3) is 0 Å². The van der Waals surface area contributed by atoms with Crippen LogP contribution < -0.4 is 0 Å². The van der Waals surface area contributed by atoms with E-state index in [1.165, 1.54) is 24.3 Å². The number of hydrogen-bond donors (Lipinski definition) is 1. The van der Waals surface area contributed by atoms with Crippen molar-refractivity contribution in [2.45, 2.75) is 13.8 Å². The van der Waals surface area contributed by atoms with Gasteiger partial charge in [0.05, 0.1) is 11.1 Å². The van der Waals surface area contributed by atoms with Crippen molar-refractivity contribution in [2.75, 3.05) is 0 Å². The van der Waals surface area contributed by atoms with E-state index >= 15 is 0 Å². The average molecular weight is 313 g/mol. The number of carboxylic acid groups (broad SMARTS) is 1. The molecule has 0 spiro atoms. The molecule has 5 heteroatoms. The molecule has 23 heavy (non-hydrogen) atoms. The molecule has 3 rings (SSSR count). The van der Waals surface area contributed by atoms with Gasteiger partial charge >= 0.3 is 5.97 Å². The molecular formula is C18H13F2NO2. The van der Waals surface area contributed by atoms with Crippen LogP contribution in [0.25, 0.3) is 22.0 Å². The highest BCUT2D eigenvalue weighted by atomic mass is 19.1. The molecule has 1 aromatic heterocycles. The van der Waals surface area contributed by atoms with Crippen LogP contribution in [0.1, 0.15) is 21.6 Å². The van der Waals surface area contributed by atoms with Crippen molar-refractivity contribution in [1.82, 2.24) is 4.98 Å². The number of halogens is 2. The van der Waals surface area contributed by atoms with Gasteiger partial charge in [0.1, 0.15) is 11.6 Å². The molecule has 116 valence electrons. The van der Waals surface area contributed by atoms with Crippen molar-refractivity contribution in [2.24, 2.45) is 0 Å². The Labute approximate surface area is 131 Å². The van der Waals surface area contributed by atoms with Gasteiger partial charge < -0.3 is 5.11 Å². The molecule has 0 atom stereocenters. The summed E-state index contributed by atoms with van der Waals surface area (Å²) in [7, 11) is 0. The molecule has 0 amide bonds. The molecule has 0 saturated carbocycles. The third kappa shape index (κ3) is 2.65. The average Bonchev–Trinajstić information content (AvgIpc) is 2.47. The van der Waals surface area contributed by atoms with Crippen LogP contribution in [0.5, 0.6) is 0 Å². The van der Waals surface area contributed by atoms with E-state index in [4.69, 9.17) is 0 Å². The van der Waals surface area contributed by atoms with Gasteiger partial charge in [0.15, 0.2) is 0 Å². The highest BCUT2D eigenvalue weighted by Crippen LogP contribution is 2.33. The highest BCUT2D eigenvalue weighted by Gasteiger charge is 2.15. The van der Waals surface area contributed by atoms with Gasteiger partial charge in [-0.2, -0.15) is 0 Å². The number of aromatic nitrogens is 1. The number of aryl methyl sites for hydroxylation is 2. The summed E-state index contributed by atoms with van der Waals surface area (Å²) in [6, 6.07) is 8.00.